The Morgan fingerprint density at radius 2 is 1.59 bits per heavy atom. The largest absolute Gasteiger partial charge is 0.497 e. The van der Waals surface area contributed by atoms with Crippen molar-refractivity contribution in [1.29, 1.82) is 0 Å². The molecule has 0 aliphatic carbocycles. The number of aliphatic hydroxyl groups is 1. The maximum absolute atomic E-state index is 12.7. The Bertz CT molecular complexity index is 777. The van der Waals surface area contributed by atoms with Crippen LogP contribution < -0.4 is 4.74 Å². The minimum absolute atomic E-state index is 0.0663. The molecule has 2 aromatic rings. The van der Waals surface area contributed by atoms with Crippen molar-refractivity contribution >= 4 is 11.9 Å². The van der Waals surface area contributed by atoms with Gasteiger partial charge < -0.3 is 9.84 Å². The number of rotatable bonds is 7. The van der Waals surface area contributed by atoms with Crippen LogP contribution in [0.4, 0.5) is 4.79 Å². The Balaban J connectivity index is 1.61. The lowest BCUT2D eigenvalue weighted by atomic mass is 10.1. The smallest absolute Gasteiger partial charge is 0.328 e. The number of aliphatic hydroxyl groups excluding tert-OH is 1. The Morgan fingerprint density at radius 3 is 2.26 bits per heavy atom. The summed E-state index contributed by atoms with van der Waals surface area (Å²) < 4.78 is 5.14. The SMILES string of the molecule is COc1ccc(CCN2C(=O)N(CCc3ccccc3)C(=O)CC2O)cc1. The molecule has 1 saturated heterocycles. The van der Waals surface area contributed by atoms with Gasteiger partial charge in [-0.1, -0.05) is 42.5 Å². The minimum atomic E-state index is -1.07. The molecule has 1 atom stereocenters. The second kappa shape index (κ2) is 8.68. The van der Waals surface area contributed by atoms with Crippen LogP contribution in [-0.2, 0) is 17.6 Å². The molecule has 1 aliphatic heterocycles. The number of ether oxygens (including phenoxy) is 1. The minimum Gasteiger partial charge on any atom is -0.497 e. The van der Waals surface area contributed by atoms with Crippen LogP contribution in [0.15, 0.2) is 54.6 Å². The lowest BCUT2D eigenvalue weighted by molar-refractivity contribution is -0.138. The molecule has 3 rings (SSSR count). The fourth-order valence-electron chi connectivity index (χ4n) is 3.16. The quantitative estimate of drug-likeness (QED) is 0.815. The molecule has 27 heavy (non-hydrogen) atoms. The van der Waals surface area contributed by atoms with Gasteiger partial charge in [0.15, 0.2) is 0 Å². The highest BCUT2D eigenvalue weighted by Crippen LogP contribution is 2.18. The van der Waals surface area contributed by atoms with Gasteiger partial charge in [0.2, 0.25) is 5.91 Å². The molecule has 1 heterocycles. The molecule has 1 unspecified atom stereocenters. The molecular formula is C21H24N2O4. The van der Waals surface area contributed by atoms with Gasteiger partial charge in [0.1, 0.15) is 12.0 Å². The van der Waals surface area contributed by atoms with Crippen molar-refractivity contribution in [3.05, 3.63) is 65.7 Å². The maximum atomic E-state index is 12.7. The standard InChI is InChI=1S/C21H24N2O4/c1-27-18-9-7-17(8-10-18)12-14-23-20(25)15-19(24)22(21(23)26)13-11-16-5-3-2-4-6-16/h2-10,20,25H,11-15H2,1H3. The van der Waals surface area contributed by atoms with Gasteiger partial charge in [-0.2, -0.15) is 0 Å². The van der Waals surface area contributed by atoms with E-state index in [0.717, 1.165) is 16.9 Å². The van der Waals surface area contributed by atoms with Crippen LogP contribution in [0.25, 0.3) is 0 Å². The number of carbonyl (C=O) groups is 2. The monoisotopic (exact) mass is 368 g/mol. The third-order valence-corrected chi connectivity index (χ3v) is 4.76. The second-order valence-corrected chi connectivity index (χ2v) is 6.54. The Morgan fingerprint density at radius 1 is 0.963 bits per heavy atom. The van der Waals surface area contributed by atoms with E-state index in [9.17, 15) is 14.7 Å². The van der Waals surface area contributed by atoms with E-state index < -0.39 is 12.3 Å². The first-order chi connectivity index (χ1) is 13.1. The van der Waals surface area contributed by atoms with Gasteiger partial charge >= 0.3 is 6.03 Å². The number of methoxy groups -OCH3 is 1. The molecule has 2 aromatic carbocycles. The first-order valence-electron chi connectivity index (χ1n) is 9.04. The zero-order chi connectivity index (χ0) is 19.2. The van der Waals surface area contributed by atoms with Crippen molar-refractivity contribution in [3.8, 4) is 5.75 Å². The zero-order valence-electron chi connectivity index (χ0n) is 15.4. The highest BCUT2D eigenvalue weighted by atomic mass is 16.5. The number of hydrogen-bond donors (Lipinski definition) is 1. The number of urea groups is 1. The lowest BCUT2D eigenvalue weighted by Gasteiger charge is -2.37. The number of carbonyl (C=O) groups excluding carboxylic acids is 2. The summed E-state index contributed by atoms with van der Waals surface area (Å²) in [7, 11) is 1.61. The molecule has 1 fully saturated rings. The maximum Gasteiger partial charge on any atom is 0.328 e. The Kier molecular flexibility index (Phi) is 6.08. The van der Waals surface area contributed by atoms with E-state index in [-0.39, 0.29) is 12.3 Å². The highest BCUT2D eigenvalue weighted by Gasteiger charge is 2.37. The third kappa shape index (κ3) is 4.65. The molecule has 1 aliphatic rings. The number of amides is 3. The van der Waals surface area contributed by atoms with E-state index in [1.165, 1.54) is 9.80 Å². The van der Waals surface area contributed by atoms with Crippen LogP contribution in [0.2, 0.25) is 0 Å². The van der Waals surface area contributed by atoms with E-state index in [4.69, 9.17) is 4.74 Å². The van der Waals surface area contributed by atoms with Crippen molar-refractivity contribution in [2.75, 3.05) is 20.2 Å². The van der Waals surface area contributed by atoms with Crippen molar-refractivity contribution in [2.45, 2.75) is 25.5 Å². The first-order valence-corrected chi connectivity index (χ1v) is 9.04. The number of benzene rings is 2. The predicted molar refractivity (Wildman–Crippen MR) is 101 cm³/mol. The fourth-order valence-corrected chi connectivity index (χ4v) is 3.16. The number of nitrogens with zero attached hydrogens (tertiary/aromatic N) is 2. The average Bonchev–Trinajstić information content (AvgIpc) is 2.68. The molecule has 0 bridgehead atoms. The Hall–Kier alpha value is -2.86. The van der Waals surface area contributed by atoms with E-state index in [1.807, 2.05) is 54.6 Å². The lowest BCUT2D eigenvalue weighted by Crippen LogP contribution is -2.57. The molecule has 0 saturated carbocycles. The van der Waals surface area contributed by atoms with Crippen LogP contribution in [-0.4, -0.2) is 53.3 Å². The number of hydrogen-bond acceptors (Lipinski definition) is 4. The molecule has 0 aromatic heterocycles. The molecule has 0 radical (unpaired) electrons. The molecule has 1 N–H and O–H groups in total. The van der Waals surface area contributed by atoms with E-state index >= 15 is 0 Å². The molecular weight excluding hydrogens is 344 g/mol. The van der Waals surface area contributed by atoms with E-state index in [0.29, 0.717) is 25.9 Å². The summed E-state index contributed by atoms with van der Waals surface area (Å²) in [5, 5.41) is 10.2. The van der Waals surface area contributed by atoms with Crippen LogP contribution >= 0.6 is 0 Å². The van der Waals surface area contributed by atoms with Gasteiger partial charge in [0.05, 0.1) is 13.5 Å². The van der Waals surface area contributed by atoms with E-state index in [2.05, 4.69) is 0 Å². The van der Waals surface area contributed by atoms with E-state index in [1.54, 1.807) is 7.11 Å². The predicted octanol–water partition coefficient (Wildman–Crippen LogP) is 2.45. The summed E-state index contributed by atoms with van der Waals surface area (Å²) >= 11 is 0. The van der Waals surface area contributed by atoms with Gasteiger partial charge in [0.25, 0.3) is 0 Å². The molecule has 6 heteroatoms. The topological polar surface area (TPSA) is 70.1 Å². The second-order valence-electron chi connectivity index (χ2n) is 6.54. The van der Waals surface area contributed by atoms with Crippen LogP contribution in [0.1, 0.15) is 17.5 Å². The summed E-state index contributed by atoms with van der Waals surface area (Å²) in [5.74, 6) is 0.439. The molecule has 6 nitrogen and oxygen atoms in total. The summed E-state index contributed by atoms with van der Waals surface area (Å²) in [6.45, 7) is 0.662. The average molecular weight is 368 g/mol. The van der Waals surface area contributed by atoms with Crippen molar-refractivity contribution in [3.63, 3.8) is 0 Å². The van der Waals surface area contributed by atoms with Crippen molar-refractivity contribution < 1.29 is 19.4 Å². The first kappa shape index (κ1) is 18.9. The van der Waals surface area contributed by atoms with Crippen molar-refractivity contribution in [1.82, 2.24) is 9.80 Å². The van der Waals surface area contributed by atoms with Crippen LogP contribution in [0.5, 0.6) is 5.75 Å². The summed E-state index contributed by atoms with van der Waals surface area (Å²) in [6.07, 6.45) is 0.0495. The fraction of sp³-hybridized carbons (Fsp3) is 0.333. The number of imide groups is 1. The zero-order valence-corrected chi connectivity index (χ0v) is 15.4. The molecule has 0 spiro atoms. The van der Waals surface area contributed by atoms with Crippen LogP contribution in [0.3, 0.4) is 0 Å². The summed E-state index contributed by atoms with van der Waals surface area (Å²) in [5.41, 5.74) is 2.09. The Labute approximate surface area is 159 Å². The third-order valence-electron chi connectivity index (χ3n) is 4.76. The van der Waals surface area contributed by atoms with Crippen LogP contribution in [0, 0.1) is 0 Å². The highest BCUT2D eigenvalue weighted by molar-refractivity contribution is 5.97. The van der Waals surface area contributed by atoms with Gasteiger partial charge in [0, 0.05) is 13.1 Å². The van der Waals surface area contributed by atoms with Gasteiger partial charge in [-0.15, -0.1) is 0 Å². The van der Waals surface area contributed by atoms with Crippen molar-refractivity contribution in [2.24, 2.45) is 0 Å². The van der Waals surface area contributed by atoms with Gasteiger partial charge in [-0.25, -0.2) is 4.79 Å². The summed E-state index contributed by atoms with van der Waals surface area (Å²) in [4.78, 5) is 27.6. The van der Waals surface area contributed by atoms with Gasteiger partial charge in [-0.3, -0.25) is 14.6 Å². The van der Waals surface area contributed by atoms with Gasteiger partial charge in [-0.05, 0) is 36.1 Å². The molecule has 142 valence electrons. The summed E-state index contributed by atoms with van der Waals surface area (Å²) in [6, 6.07) is 16.9. The normalized spacial score (nSPS) is 17.3. The molecule has 3 amide bonds.